The average Bonchev–Trinajstić information content (AvgIpc) is 3.25. The molecular formula is C38H64N6O22. The second-order valence-electron chi connectivity index (χ2n) is 16.4. The van der Waals surface area contributed by atoms with Gasteiger partial charge in [-0.2, -0.15) is 0 Å². The SMILES string of the molecule is CC(=O)N[C@@H]1[C@@H](O)[C@H](O[C@@H]2O[C@H](CO)[C@@H](O)[C@H](O)[C@H]2NC(C)=O)[C@@H](CO)O[C@H]1NC(=O)CCCCC(=O)N[C@@H]1O[C@H](CO)[C@@H](O[C@@H]2O[C@H](CO)[C@@H](O)[C@H](O)[C@H]2NC(C)=O)[C@H](O)[C@H]1NC(C)=O. The van der Waals surface area contributed by atoms with Gasteiger partial charge >= 0.3 is 0 Å². The second-order valence-corrected chi connectivity index (χ2v) is 16.4. The average molecular weight is 957 g/mol. The largest absolute Gasteiger partial charge is 0.394 e. The molecule has 0 aromatic heterocycles. The van der Waals surface area contributed by atoms with Gasteiger partial charge in [0.05, 0.1) is 26.4 Å². The third-order valence-corrected chi connectivity index (χ3v) is 11.3. The molecule has 0 spiro atoms. The first-order valence-corrected chi connectivity index (χ1v) is 21.3. The van der Waals surface area contributed by atoms with Crippen LogP contribution in [-0.2, 0) is 57.2 Å². The lowest BCUT2D eigenvalue weighted by Crippen LogP contribution is -2.71. The summed E-state index contributed by atoms with van der Waals surface area (Å²) in [5, 5.41) is 119. The molecule has 0 bridgehead atoms. The highest BCUT2D eigenvalue weighted by molar-refractivity contribution is 5.78. The maximum Gasteiger partial charge on any atom is 0.222 e. The standard InChI is InChI=1S/C38H64N6O22/c1-13(49)39-23-31(59)33(65-37-25(41-15(3)51)29(57)27(55)17(9-45)63-37)19(11-47)61-35(23)43-21(53)7-5-6-8-22(54)44-36-24(40-14(2)50)32(60)34(20(12-48)62-36)66-38-26(42-16(4)52)30(58)28(56)18(10-46)64-38/h17-20,23-38,45-48,55-60H,5-12H2,1-4H3,(H,39,49)(H,40,50)(H,41,51)(H,42,52)(H,43,53)(H,44,54)/t17-,18-,19-,20-,23-,24-,25-,26-,27-,28-,29-,30-,31-,32-,33-,34-,35-,36-,37+,38+/m1/s1. The Morgan fingerprint density at radius 1 is 0.409 bits per heavy atom. The molecule has 28 heteroatoms. The summed E-state index contributed by atoms with van der Waals surface area (Å²) in [6.07, 6.45) is -25.5. The van der Waals surface area contributed by atoms with Crippen LogP contribution >= 0.6 is 0 Å². The lowest BCUT2D eigenvalue weighted by atomic mass is 9.94. The van der Waals surface area contributed by atoms with Crippen LogP contribution in [0.25, 0.3) is 0 Å². The van der Waals surface area contributed by atoms with Crippen molar-refractivity contribution in [3.8, 4) is 0 Å². The van der Waals surface area contributed by atoms with E-state index < -0.39 is 184 Å². The van der Waals surface area contributed by atoms with Gasteiger partial charge in [-0.05, 0) is 12.8 Å². The van der Waals surface area contributed by atoms with E-state index in [2.05, 4.69) is 31.9 Å². The van der Waals surface area contributed by atoms with Gasteiger partial charge in [-0.1, -0.05) is 0 Å². The Kier molecular flexibility index (Phi) is 20.7. The maximum atomic E-state index is 13.1. The zero-order valence-corrected chi connectivity index (χ0v) is 36.6. The quantitative estimate of drug-likeness (QED) is 0.0535. The predicted octanol–water partition coefficient (Wildman–Crippen LogP) is -9.40. The molecule has 4 aliphatic heterocycles. The minimum absolute atomic E-state index is 0.0724. The molecule has 20 atom stereocenters. The number of nitrogens with one attached hydrogen (secondary N) is 6. The van der Waals surface area contributed by atoms with Gasteiger partial charge in [0.25, 0.3) is 0 Å². The van der Waals surface area contributed by atoms with Crippen LogP contribution in [0.3, 0.4) is 0 Å². The Labute approximate surface area is 377 Å². The van der Waals surface area contributed by atoms with E-state index in [9.17, 15) is 79.8 Å². The number of rotatable bonds is 19. The van der Waals surface area contributed by atoms with E-state index >= 15 is 0 Å². The van der Waals surface area contributed by atoms with E-state index in [1.54, 1.807) is 0 Å². The van der Waals surface area contributed by atoms with Crippen LogP contribution in [0, 0.1) is 0 Å². The van der Waals surface area contributed by atoms with Crippen molar-refractivity contribution >= 4 is 35.4 Å². The van der Waals surface area contributed by atoms with Crippen LogP contribution in [0.1, 0.15) is 53.4 Å². The van der Waals surface area contributed by atoms with Gasteiger partial charge in [-0.25, -0.2) is 0 Å². The fraction of sp³-hybridized carbons (Fsp3) is 0.842. The molecule has 4 aliphatic rings. The molecule has 6 amide bonds. The zero-order valence-electron chi connectivity index (χ0n) is 36.6. The van der Waals surface area contributed by atoms with Gasteiger partial charge in [0, 0.05) is 40.5 Å². The third-order valence-electron chi connectivity index (χ3n) is 11.3. The van der Waals surface area contributed by atoms with Crippen molar-refractivity contribution in [1.82, 2.24) is 31.9 Å². The molecule has 0 radical (unpaired) electrons. The molecule has 4 fully saturated rings. The van der Waals surface area contributed by atoms with Gasteiger partial charge in [0.15, 0.2) is 25.0 Å². The van der Waals surface area contributed by atoms with Crippen LogP contribution in [-0.4, -0.2) is 235 Å². The van der Waals surface area contributed by atoms with Gasteiger partial charge in [-0.3, -0.25) is 28.8 Å². The number of hydrogen-bond acceptors (Lipinski definition) is 22. The van der Waals surface area contributed by atoms with Crippen molar-refractivity contribution < 1.29 is 108 Å². The van der Waals surface area contributed by atoms with E-state index in [1.165, 1.54) is 0 Å². The number of carbonyl (C=O) groups excluding carboxylic acids is 6. The zero-order chi connectivity index (χ0) is 49.2. The molecule has 378 valence electrons. The Morgan fingerprint density at radius 3 is 1.00 bits per heavy atom. The predicted molar refractivity (Wildman–Crippen MR) is 214 cm³/mol. The summed E-state index contributed by atoms with van der Waals surface area (Å²) in [6, 6.07) is -5.70. The number of ether oxygens (including phenoxy) is 6. The van der Waals surface area contributed by atoms with E-state index in [-0.39, 0.29) is 25.7 Å². The fourth-order valence-electron chi connectivity index (χ4n) is 8.09. The summed E-state index contributed by atoms with van der Waals surface area (Å²) in [5.74, 6) is -4.03. The molecule has 0 aromatic rings. The van der Waals surface area contributed by atoms with Crippen molar-refractivity contribution in [3.05, 3.63) is 0 Å². The van der Waals surface area contributed by atoms with E-state index in [1.807, 2.05) is 0 Å². The highest BCUT2D eigenvalue weighted by Crippen LogP contribution is 2.31. The monoisotopic (exact) mass is 956 g/mol. The second kappa shape index (κ2) is 25.0. The van der Waals surface area contributed by atoms with Gasteiger partial charge in [-0.15, -0.1) is 0 Å². The Morgan fingerprint density at radius 2 is 0.712 bits per heavy atom. The summed E-state index contributed by atoms with van der Waals surface area (Å²) in [4.78, 5) is 74.5. The minimum Gasteiger partial charge on any atom is -0.394 e. The van der Waals surface area contributed by atoms with Crippen molar-refractivity contribution in [2.45, 2.75) is 176 Å². The van der Waals surface area contributed by atoms with Crippen LogP contribution in [0.4, 0.5) is 0 Å². The summed E-state index contributed by atoms with van der Waals surface area (Å²) in [6.45, 7) is 1.25. The fourth-order valence-corrected chi connectivity index (χ4v) is 8.09. The summed E-state index contributed by atoms with van der Waals surface area (Å²) >= 11 is 0. The minimum atomic E-state index is -1.75. The Bertz CT molecular complexity index is 1540. The third kappa shape index (κ3) is 13.9. The summed E-state index contributed by atoms with van der Waals surface area (Å²) < 4.78 is 34.6. The van der Waals surface area contributed by atoms with Crippen molar-refractivity contribution in [2.75, 3.05) is 26.4 Å². The smallest absolute Gasteiger partial charge is 0.222 e. The molecule has 0 saturated carbocycles. The topological polar surface area (TPSA) is 432 Å². The van der Waals surface area contributed by atoms with Crippen LogP contribution in [0.2, 0.25) is 0 Å². The van der Waals surface area contributed by atoms with Gasteiger partial charge in [0.2, 0.25) is 35.4 Å². The molecule has 28 nitrogen and oxygen atoms in total. The Balaban J connectivity index is 1.36. The van der Waals surface area contributed by atoms with Crippen molar-refractivity contribution in [2.24, 2.45) is 0 Å². The molecular weight excluding hydrogens is 892 g/mol. The number of amides is 6. The highest BCUT2D eigenvalue weighted by Gasteiger charge is 2.54. The maximum absolute atomic E-state index is 13.1. The van der Waals surface area contributed by atoms with E-state index in [0.29, 0.717) is 0 Å². The lowest BCUT2D eigenvalue weighted by Gasteiger charge is -2.48. The first kappa shape index (κ1) is 54.8. The summed E-state index contributed by atoms with van der Waals surface area (Å²) in [5.41, 5.74) is 0. The molecule has 16 N–H and O–H groups in total. The number of aliphatic hydroxyl groups is 10. The normalized spacial score (nSPS) is 39.2. The van der Waals surface area contributed by atoms with Crippen LogP contribution in [0.5, 0.6) is 0 Å². The number of carbonyl (C=O) groups is 6. The Hall–Kier alpha value is -3.82. The van der Waals surface area contributed by atoms with Crippen LogP contribution in [0.15, 0.2) is 0 Å². The van der Waals surface area contributed by atoms with Crippen LogP contribution < -0.4 is 31.9 Å². The van der Waals surface area contributed by atoms with Crippen molar-refractivity contribution in [1.29, 1.82) is 0 Å². The first-order valence-electron chi connectivity index (χ1n) is 21.3. The number of unbranched alkanes of at least 4 members (excludes halogenated alkanes) is 1. The number of aliphatic hydroxyl groups excluding tert-OH is 10. The summed E-state index contributed by atoms with van der Waals surface area (Å²) in [7, 11) is 0. The molecule has 4 saturated heterocycles. The molecule has 0 aliphatic carbocycles. The molecule has 0 unspecified atom stereocenters. The number of hydrogen-bond donors (Lipinski definition) is 16. The molecule has 4 heterocycles. The first-order chi connectivity index (χ1) is 31.1. The molecule has 4 rings (SSSR count). The molecule has 66 heavy (non-hydrogen) atoms. The molecule has 0 aromatic carbocycles. The van der Waals surface area contributed by atoms with Gasteiger partial charge in [0.1, 0.15) is 97.4 Å². The van der Waals surface area contributed by atoms with E-state index in [4.69, 9.17) is 28.4 Å². The lowest BCUT2D eigenvalue weighted by molar-refractivity contribution is -0.315. The van der Waals surface area contributed by atoms with E-state index in [0.717, 1.165) is 27.7 Å². The van der Waals surface area contributed by atoms with Crippen molar-refractivity contribution in [3.63, 3.8) is 0 Å². The van der Waals surface area contributed by atoms with Gasteiger partial charge < -0.3 is 111 Å². The highest BCUT2D eigenvalue weighted by atomic mass is 16.7.